The summed E-state index contributed by atoms with van der Waals surface area (Å²) >= 11 is 0. The summed E-state index contributed by atoms with van der Waals surface area (Å²) in [6.07, 6.45) is 0.801. The van der Waals surface area contributed by atoms with Crippen LogP contribution in [-0.4, -0.2) is 45.3 Å². The second kappa shape index (κ2) is 8.48. The molecule has 9 heteroatoms. The third kappa shape index (κ3) is 3.96. The number of oxime groups is 1. The number of methoxy groups -OCH3 is 2. The molecule has 1 amide bonds. The van der Waals surface area contributed by atoms with Gasteiger partial charge in [-0.3, -0.25) is 4.79 Å². The first kappa shape index (κ1) is 19.8. The fourth-order valence-corrected chi connectivity index (χ4v) is 3.45. The molecule has 2 aromatic rings. The van der Waals surface area contributed by atoms with E-state index >= 15 is 0 Å². The SMILES string of the molecule is COc1cc(C[C@@H]2CC(CNC(=O)c3cccc(F)c3)=NO2)c(OC)c2c1OCO2. The van der Waals surface area contributed by atoms with Crippen LogP contribution in [0.15, 0.2) is 35.5 Å². The molecule has 0 unspecified atom stereocenters. The van der Waals surface area contributed by atoms with Crippen LogP contribution in [0.3, 0.4) is 0 Å². The topological polar surface area (TPSA) is 87.6 Å². The number of ether oxygens (including phenoxy) is 4. The maximum Gasteiger partial charge on any atom is 0.251 e. The van der Waals surface area contributed by atoms with Crippen molar-refractivity contribution in [2.45, 2.75) is 18.9 Å². The maximum atomic E-state index is 13.3. The smallest absolute Gasteiger partial charge is 0.251 e. The molecule has 0 saturated carbocycles. The molecule has 0 aliphatic carbocycles. The summed E-state index contributed by atoms with van der Waals surface area (Å²) in [5.41, 5.74) is 1.78. The molecule has 2 heterocycles. The van der Waals surface area contributed by atoms with E-state index in [1.165, 1.54) is 18.2 Å². The molecule has 2 aliphatic heterocycles. The second-order valence-electron chi connectivity index (χ2n) is 6.82. The summed E-state index contributed by atoms with van der Waals surface area (Å²) in [5.74, 6) is 1.32. The van der Waals surface area contributed by atoms with Crippen LogP contribution in [0.25, 0.3) is 0 Å². The Balaban J connectivity index is 1.38. The van der Waals surface area contributed by atoms with Crippen LogP contribution in [0.2, 0.25) is 0 Å². The van der Waals surface area contributed by atoms with Gasteiger partial charge < -0.3 is 29.1 Å². The molecule has 0 fully saturated rings. The van der Waals surface area contributed by atoms with Gasteiger partial charge in [-0.15, -0.1) is 0 Å². The number of amides is 1. The van der Waals surface area contributed by atoms with Crippen molar-refractivity contribution in [3.05, 3.63) is 47.3 Å². The quantitative estimate of drug-likeness (QED) is 0.747. The van der Waals surface area contributed by atoms with Crippen molar-refractivity contribution in [1.29, 1.82) is 0 Å². The van der Waals surface area contributed by atoms with Gasteiger partial charge in [-0.05, 0) is 24.3 Å². The summed E-state index contributed by atoms with van der Waals surface area (Å²) in [4.78, 5) is 17.7. The predicted molar refractivity (Wildman–Crippen MR) is 105 cm³/mol. The fourth-order valence-electron chi connectivity index (χ4n) is 3.45. The van der Waals surface area contributed by atoms with Crippen LogP contribution in [0, 0.1) is 5.82 Å². The Bertz CT molecular complexity index is 994. The van der Waals surface area contributed by atoms with Gasteiger partial charge >= 0.3 is 0 Å². The van der Waals surface area contributed by atoms with Crippen molar-refractivity contribution in [2.24, 2.45) is 5.16 Å². The minimum Gasteiger partial charge on any atom is -0.493 e. The summed E-state index contributed by atoms with van der Waals surface area (Å²) in [6, 6.07) is 7.34. The maximum absolute atomic E-state index is 13.3. The van der Waals surface area contributed by atoms with E-state index in [4.69, 9.17) is 23.8 Å². The van der Waals surface area contributed by atoms with E-state index in [2.05, 4.69) is 10.5 Å². The molecule has 4 rings (SSSR count). The Morgan fingerprint density at radius 3 is 2.83 bits per heavy atom. The zero-order valence-electron chi connectivity index (χ0n) is 16.6. The third-order valence-corrected chi connectivity index (χ3v) is 4.85. The molecule has 0 spiro atoms. The molecule has 2 aliphatic rings. The van der Waals surface area contributed by atoms with Crippen molar-refractivity contribution in [3.63, 3.8) is 0 Å². The van der Waals surface area contributed by atoms with E-state index in [0.29, 0.717) is 41.6 Å². The van der Waals surface area contributed by atoms with Gasteiger partial charge in [0.15, 0.2) is 11.5 Å². The van der Waals surface area contributed by atoms with Crippen LogP contribution >= 0.6 is 0 Å². The number of nitrogens with zero attached hydrogens (tertiary/aromatic N) is 1. The first-order chi connectivity index (χ1) is 14.6. The normalized spacial score (nSPS) is 16.6. The van der Waals surface area contributed by atoms with E-state index in [1.807, 2.05) is 6.07 Å². The number of rotatable bonds is 7. The Labute approximate surface area is 172 Å². The molecule has 1 atom stereocenters. The van der Waals surface area contributed by atoms with Gasteiger partial charge in [-0.2, -0.15) is 0 Å². The van der Waals surface area contributed by atoms with Gasteiger partial charge in [0, 0.05) is 24.0 Å². The first-order valence-corrected chi connectivity index (χ1v) is 9.37. The lowest BCUT2D eigenvalue weighted by molar-refractivity contribution is 0.0853. The van der Waals surface area contributed by atoms with Crippen molar-refractivity contribution in [3.8, 4) is 23.0 Å². The molecule has 8 nitrogen and oxygen atoms in total. The molecule has 2 aromatic carbocycles. The van der Waals surface area contributed by atoms with Gasteiger partial charge in [0.1, 0.15) is 11.9 Å². The van der Waals surface area contributed by atoms with E-state index in [0.717, 1.165) is 5.56 Å². The Kier molecular flexibility index (Phi) is 5.60. The van der Waals surface area contributed by atoms with Crippen molar-refractivity contribution < 1.29 is 33.0 Å². The van der Waals surface area contributed by atoms with E-state index in [9.17, 15) is 9.18 Å². The number of nitrogens with one attached hydrogen (secondary N) is 1. The zero-order valence-corrected chi connectivity index (χ0v) is 16.6. The third-order valence-electron chi connectivity index (χ3n) is 4.85. The number of carbonyl (C=O) groups is 1. The molecule has 0 bridgehead atoms. The number of carbonyl (C=O) groups excluding carboxylic acids is 1. The molecule has 30 heavy (non-hydrogen) atoms. The highest BCUT2D eigenvalue weighted by molar-refractivity contribution is 5.98. The number of fused-ring (bicyclic) bond motifs is 1. The van der Waals surface area contributed by atoms with E-state index < -0.39 is 5.82 Å². The Hall–Kier alpha value is -3.49. The number of halogens is 1. The van der Waals surface area contributed by atoms with Gasteiger partial charge in [0.05, 0.1) is 26.5 Å². The number of hydrogen-bond acceptors (Lipinski definition) is 7. The molecule has 1 N–H and O–H groups in total. The summed E-state index contributed by atoms with van der Waals surface area (Å²) < 4.78 is 35.2. The van der Waals surface area contributed by atoms with Crippen molar-refractivity contribution in [1.82, 2.24) is 5.32 Å². The van der Waals surface area contributed by atoms with Gasteiger partial charge in [0.25, 0.3) is 5.91 Å². The fraction of sp³-hybridized carbons (Fsp3) is 0.333. The van der Waals surface area contributed by atoms with Crippen LogP contribution in [0.5, 0.6) is 23.0 Å². The van der Waals surface area contributed by atoms with Gasteiger partial charge in [-0.25, -0.2) is 4.39 Å². The molecule has 0 saturated heterocycles. The van der Waals surface area contributed by atoms with Crippen LogP contribution < -0.4 is 24.3 Å². The van der Waals surface area contributed by atoms with E-state index in [-0.39, 0.29) is 30.9 Å². The average molecular weight is 416 g/mol. The lowest BCUT2D eigenvalue weighted by Crippen LogP contribution is -2.29. The van der Waals surface area contributed by atoms with E-state index in [1.54, 1.807) is 20.3 Å². The minimum absolute atomic E-state index is 0.101. The molecule has 158 valence electrons. The van der Waals surface area contributed by atoms with Crippen LogP contribution in [0.4, 0.5) is 4.39 Å². The number of benzene rings is 2. The predicted octanol–water partition coefficient (Wildman–Crippen LogP) is 2.69. The van der Waals surface area contributed by atoms with Crippen molar-refractivity contribution >= 4 is 11.6 Å². The lowest BCUT2D eigenvalue weighted by atomic mass is 10.0. The summed E-state index contributed by atoms with van der Waals surface area (Å²) in [7, 11) is 3.12. The highest BCUT2D eigenvalue weighted by atomic mass is 19.1. The molecule has 0 radical (unpaired) electrons. The van der Waals surface area contributed by atoms with Crippen molar-refractivity contribution in [2.75, 3.05) is 27.6 Å². The highest BCUT2D eigenvalue weighted by Gasteiger charge is 2.30. The van der Waals surface area contributed by atoms with Gasteiger partial charge in [0.2, 0.25) is 18.3 Å². The molecular formula is C21H21FN2O6. The molecule has 0 aromatic heterocycles. The highest BCUT2D eigenvalue weighted by Crippen LogP contribution is 2.49. The summed E-state index contributed by atoms with van der Waals surface area (Å²) in [6.45, 7) is 0.317. The average Bonchev–Trinajstić information content (AvgIpc) is 3.41. The second-order valence-corrected chi connectivity index (χ2v) is 6.82. The largest absolute Gasteiger partial charge is 0.493 e. The monoisotopic (exact) mass is 416 g/mol. The van der Waals surface area contributed by atoms with Gasteiger partial charge in [-0.1, -0.05) is 11.2 Å². The Morgan fingerprint density at radius 1 is 1.23 bits per heavy atom. The lowest BCUT2D eigenvalue weighted by Gasteiger charge is -2.15. The Morgan fingerprint density at radius 2 is 2.07 bits per heavy atom. The molecular weight excluding hydrogens is 395 g/mol. The first-order valence-electron chi connectivity index (χ1n) is 9.37. The van der Waals surface area contributed by atoms with Crippen LogP contribution in [-0.2, 0) is 11.3 Å². The zero-order chi connectivity index (χ0) is 21.1. The number of hydrogen-bond donors (Lipinski definition) is 1. The standard InChI is InChI=1S/C21H21FN2O6/c1-26-17-8-13(18(27-2)20-19(17)28-11-29-20)7-16-9-15(24-30-16)10-23-21(25)12-4-3-5-14(22)6-12/h3-6,8,16H,7,9-11H2,1-2H3,(H,23,25)/t16-/m1/s1. The van der Waals surface area contributed by atoms with Crippen LogP contribution in [0.1, 0.15) is 22.3 Å². The minimum atomic E-state index is -0.461. The summed E-state index contributed by atoms with van der Waals surface area (Å²) in [5, 5.41) is 6.80.